The van der Waals surface area contributed by atoms with Crippen LogP contribution in [-0.4, -0.2) is 0 Å². The van der Waals surface area contributed by atoms with E-state index in [2.05, 4.69) is 47.4 Å². The molecule has 0 aromatic heterocycles. The Morgan fingerprint density at radius 2 is 0.722 bits per heavy atom. The Kier molecular flexibility index (Phi) is 5.20. The van der Waals surface area contributed by atoms with E-state index in [0.717, 1.165) is 22.3 Å². The molecular formula is C18H14. The highest BCUT2D eigenvalue weighted by Gasteiger charge is 2.04. The summed E-state index contributed by atoms with van der Waals surface area (Å²) in [5.74, 6) is 23.8. The largest absolute Gasteiger partial charge is 0.101 e. The van der Waals surface area contributed by atoms with Crippen LogP contribution in [0.15, 0.2) is 12.1 Å². The summed E-state index contributed by atoms with van der Waals surface area (Å²) in [4.78, 5) is 0. The number of rotatable bonds is 0. The molecule has 0 unspecified atom stereocenters. The summed E-state index contributed by atoms with van der Waals surface area (Å²) in [6.07, 6.45) is 0. The van der Waals surface area contributed by atoms with Crippen LogP contribution in [0.2, 0.25) is 0 Å². The first-order valence-corrected chi connectivity index (χ1v) is 5.65. The monoisotopic (exact) mass is 230 g/mol. The van der Waals surface area contributed by atoms with Crippen molar-refractivity contribution < 1.29 is 0 Å². The molecule has 0 fully saturated rings. The maximum Gasteiger partial charge on any atom is 0.0415 e. The number of benzene rings is 1. The molecule has 0 aliphatic carbocycles. The molecule has 0 amide bonds. The highest BCUT2D eigenvalue weighted by Crippen LogP contribution is 2.15. The zero-order valence-electron chi connectivity index (χ0n) is 11.2. The maximum absolute atomic E-state index is 3.06. The molecule has 0 heteroatoms. The van der Waals surface area contributed by atoms with Crippen molar-refractivity contribution in [1.29, 1.82) is 0 Å². The van der Waals surface area contributed by atoms with E-state index in [0.29, 0.717) is 0 Å². The fourth-order valence-electron chi connectivity index (χ4n) is 1.55. The zero-order valence-corrected chi connectivity index (χ0v) is 11.2. The fourth-order valence-corrected chi connectivity index (χ4v) is 1.55. The first-order valence-electron chi connectivity index (χ1n) is 5.65. The van der Waals surface area contributed by atoms with Crippen molar-refractivity contribution in [3.05, 3.63) is 34.4 Å². The van der Waals surface area contributed by atoms with Crippen LogP contribution in [0, 0.1) is 47.4 Å². The SMILES string of the molecule is CC#Cc1cc(C#CC)c(C#CC)cc1C#CC. The van der Waals surface area contributed by atoms with E-state index in [4.69, 9.17) is 0 Å². The van der Waals surface area contributed by atoms with Gasteiger partial charge in [-0.3, -0.25) is 0 Å². The topological polar surface area (TPSA) is 0 Å². The van der Waals surface area contributed by atoms with E-state index in [1.165, 1.54) is 0 Å². The molecule has 0 aliphatic rings. The van der Waals surface area contributed by atoms with Gasteiger partial charge in [-0.2, -0.15) is 0 Å². The highest BCUT2D eigenvalue weighted by molar-refractivity contribution is 5.61. The molecule has 86 valence electrons. The standard InChI is InChI=1S/C18H14/c1-5-9-15-13-17(11-7-3)18(12-8-4)14-16(15)10-6-2/h13-14H,1-4H3. The highest BCUT2D eigenvalue weighted by atomic mass is 14.0. The maximum atomic E-state index is 3.06. The van der Waals surface area contributed by atoms with E-state index in [9.17, 15) is 0 Å². The van der Waals surface area contributed by atoms with E-state index < -0.39 is 0 Å². The van der Waals surface area contributed by atoms with Gasteiger partial charge < -0.3 is 0 Å². The van der Waals surface area contributed by atoms with Gasteiger partial charge in [-0.05, 0) is 39.8 Å². The van der Waals surface area contributed by atoms with Gasteiger partial charge in [0, 0.05) is 22.3 Å². The summed E-state index contributed by atoms with van der Waals surface area (Å²) >= 11 is 0. The molecule has 0 radical (unpaired) electrons. The van der Waals surface area contributed by atoms with Gasteiger partial charge in [0.2, 0.25) is 0 Å². The first kappa shape index (κ1) is 13.5. The van der Waals surface area contributed by atoms with Crippen LogP contribution >= 0.6 is 0 Å². The normalized spacial score (nSPS) is 7.33. The summed E-state index contributed by atoms with van der Waals surface area (Å²) in [5.41, 5.74) is 3.63. The number of hydrogen-bond donors (Lipinski definition) is 0. The van der Waals surface area contributed by atoms with Crippen molar-refractivity contribution in [2.45, 2.75) is 27.7 Å². The van der Waals surface area contributed by atoms with Crippen LogP contribution in [0.5, 0.6) is 0 Å². The minimum absolute atomic E-state index is 0.909. The molecule has 1 rings (SSSR count). The van der Waals surface area contributed by atoms with Crippen LogP contribution in [0.4, 0.5) is 0 Å². The van der Waals surface area contributed by atoms with Gasteiger partial charge in [-0.1, -0.05) is 23.7 Å². The lowest BCUT2D eigenvalue weighted by atomic mass is 9.99. The summed E-state index contributed by atoms with van der Waals surface area (Å²) in [5, 5.41) is 0. The second-order valence-electron chi connectivity index (χ2n) is 3.44. The second kappa shape index (κ2) is 6.92. The predicted molar refractivity (Wildman–Crippen MR) is 76.7 cm³/mol. The van der Waals surface area contributed by atoms with Crippen molar-refractivity contribution in [3.8, 4) is 47.4 Å². The second-order valence-corrected chi connectivity index (χ2v) is 3.44. The van der Waals surface area contributed by atoms with Gasteiger partial charge >= 0.3 is 0 Å². The van der Waals surface area contributed by atoms with Crippen LogP contribution in [0.25, 0.3) is 0 Å². The molecule has 0 atom stereocenters. The third kappa shape index (κ3) is 3.22. The minimum Gasteiger partial charge on any atom is -0.101 e. The van der Waals surface area contributed by atoms with Crippen LogP contribution in [0.1, 0.15) is 49.9 Å². The summed E-state index contributed by atoms with van der Waals surface area (Å²) in [6.45, 7) is 7.25. The quantitative estimate of drug-likeness (QED) is 0.600. The smallest absolute Gasteiger partial charge is 0.0415 e. The van der Waals surface area contributed by atoms with Gasteiger partial charge in [0.25, 0.3) is 0 Å². The Bertz CT molecular complexity index is 565. The molecule has 0 saturated heterocycles. The minimum atomic E-state index is 0.909. The fraction of sp³-hybridized carbons (Fsp3) is 0.222. The Morgan fingerprint density at radius 3 is 0.889 bits per heavy atom. The molecule has 18 heavy (non-hydrogen) atoms. The molecule has 1 aromatic carbocycles. The Balaban J connectivity index is 3.62. The van der Waals surface area contributed by atoms with Gasteiger partial charge in [0.05, 0.1) is 0 Å². The Hall–Kier alpha value is -2.54. The summed E-state index contributed by atoms with van der Waals surface area (Å²) in [6, 6.07) is 3.93. The van der Waals surface area contributed by atoms with Gasteiger partial charge in [-0.25, -0.2) is 0 Å². The molecule has 0 aliphatic heterocycles. The van der Waals surface area contributed by atoms with Crippen molar-refractivity contribution >= 4 is 0 Å². The molecule has 0 bridgehead atoms. The predicted octanol–water partition coefficient (Wildman–Crippen LogP) is 3.17. The Labute approximate surface area is 110 Å². The molecular weight excluding hydrogens is 216 g/mol. The van der Waals surface area contributed by atoms with Crippen molar-refractivity contribution in [3.63, 3.8) is 0 Å². The van der Waals surface area contributed by atoms with E-state index >= 15 is 0 Å². The molecule has 0 heterocycles. The first-order chi connectivity index (χ1) is 8.76. The average Bonchev–Trinajstić information content (AvgIpc) is 2.35. The van der Waals surface area contributed by atoms with Crippen LogP contribution in [-0.2, 0) is 0 Å². The van der Waals surface area contributed by atoms with Gasteiger partial charge in [-0.15, -0.1) is 23.7 Å². The van der Waals surface area contributed by atoms with Crippen molar-refractivity contribution in [2.24, 2.45) is 0 Å². The van der Waals surface area contributed by atoms with Crippen molar-refractivity contribution in [1.82, 2.24) is 0 Å². The summed E-state index contributed by atoms with van der Waals surface area (Å²) in [7, 11) is 0. The van der Waals surface area contributed by atoms with E-state index in [1.54, 1.807) is 0 Å². The van der Waals surface area contributed by atoms with Gasteiger partial charge in [0.15, 0.2) is 0 Å². The summed E-state index contributed by atoms with van der Waals surface area (Å²) < 4.78 is 0. The zero-order chi connectivity index (χ0) is 13.4. The van der Waals surface area contributed by atoms with Crippen molar-refractivity contribution in [2.75, 3.05) is 0 Å². The van der Waals surface area contributed by atoms with E-state index in [-0.39, 0.29) is 0 Å². The Morgan fingerprint density at radius 1 is 0.500 bits per heavy atom. The molecule has 1 aromatic rings. The van der Waals surface area contributed by atoms with E-state index in [1.807, 2.05) is 39.8 Å². The number of hydrogen-bond acceptors (Lipinski definition) is 0. The van der Waals surface area contributed by atoms with Crippen LogP contribution < -0.4 is 0 Å². The third-order valence-electron chi connectivity index (χ3n) is 2.20. The molecule has 0 saturated carbocycles. The molecule has 0 N–H and O–H groups in total. The lowest BCUT2D eigenvalue weighted by molar-refractivity contribution is 1.51. The lowest BCUT2D eigenvalue weighted by Crippen LogP contribution is -1.92. The average molecular weight is 230 g/mol. The molecule has 0 nitrogen and oxygen atoms in total. The molecule has 0 spiro atoms. The lowest BCUT2D eigenvalue weighted by Gasteiger charge is -2.02. The van der Waals surface area contributed by atoms with Gasteiger partial charge in [0.1, 0.15) is 0 Å². The van der Waals surface area contributed by atoms with Crippen LogP contribution in [0.3, 0.4) is 0 Å². The third-order valence-corrected chi connectivity index (χ3v) is 2.20.